The number of amides is 2. The van der Waals surface area contributed by atoms with Crippen LogP contribution in [0.25, 0.3) is 0 Å². The largest absolute Gasteiger partial charge is 0.352 e. The zero-order valence-electron chi connectivity index (χ0n) is 20.1. The topological polar surface area (TPSA) is 86.8 Å². The standard InChI is InChI=1S/C24H30Cl2FN3O4S/c1-5-16(3)28-24(32)22(6-2)29(14-17-7-12-20(25)21(26)13-17)23(31)15-30(35(4,33)34)19-10-8-18(27)9-11-19/h7-13,16,22H,5-6,14-15H2,1-4H3,(H,28,32)/t16-,22-/m0/s1. The van der Waals surface area contributed by atoms with Crippen LogP contribution >= 0.6 is 23.2 Å². The van der Waals surface area contributed by atoms with E-state index in [2.05, 4.69) is 5.32 Å². The van der Waals surface area contributed by atoms with Crippen molar-refractivity contribution in [1.82, 2.24) is 10.2 Å². The van der Waals surface area contributed by atoms with Gasteiger partial charge in [-0.3, -0.25) is 13.9 Å². The van der Waals surface area contributed by atoms with E-state index in [4.69, 9.17) is 23.2 Å². The number of nitrogens with one attached hydrogen (secondary N) is 1. The van der Waals surface area contributed by atoms with Gasteiger partial charge >= 0.3 is 0 Å². The quantitative estimate of drug-likeness (QED) is 0.446. The summed E-state index contributed by atoms with van der Waals surface area (Å²) >= 11 is 12.2. The Kier molecular flexibility index (Phi) is 10.4. The zero-order valence-corrected chi connectivity index (χ0v) is 22.4. The summed E-state index contributed by atoms with van der Waals surface area (Å²) in [7, 11) is -3.90. The molecule has 2 aromatic carbocycles. The van der Waals surface area contributed by atoms with Gasteiger partial charge in [0.25, 0.3) is 0 Å². The number of benzene rings is 2. The van der Waals surface area contributed by atoms with Crippen molar-refractivity contribution in [3.05, 3.63) is 63.9 Å². The Morgan fingerprint density at radius 1 is 1.03 bits per heavy atom. The first-order valence-corrected chi connectivity index (χ1v) is 13.7. The molecule has 0 heterocycles. The Morgan fingerprint density at radius 2 is 1.66 bits per heavy atom. The van der Waals surface area contributed by atoms with Crippen molar-refractivity contribution in [2.45, 2.75) is 52.2 Å². The van der Waals surface area contributed by atoms with Crippen molar-refractivity contribution in [3.8, 4) is 0 Å². The lowest BCUT2D eigenvalue weighted by Crippen LogP contribution is -2.53. The van der Waals surface area contributed by atoms with E-state index < -0.39 is 34.3 Å². The maximum Gasteiger partial charge on any atom is 0.244 e. The predicted octanol–water partition coefficient (Wildman–Crippen LogP) is 4.62. The summed E-state index contributed by atoms with van der Waals surface area (Å²) in [6.07, 6.45) is 1.96. The third kappa shape index (κ3) is 8.08. The third-order valence-electron chi connectivity index (χ3n) is 5.52. The first-order chi connectivity index (χ1) is 16.4. The summed E-state index contributed by atoms with van der Waals surface area (Å²) < 4.78 is 39.3. The number of hydrogen-bond acceptors (Lipinski definition) is 4. The predicted molar refractivity (Wildman–Crippen MR) is 138 cm³/mol. The molecule has 11 heteroatoms. The summed E-state index contributed by atoms with van der Waals surface area (Å²) in [5, 5.41) is 3.52. The van der Waals surface area contributed by atoms with Gasteiger partial charge < -0.3 is 10.2 Å². The second-order valence-electron chi connectivity index (χ2n) is 8.26. The molecule has 1 N–H and O–H groups in total. The van der Waals surface area contributed by atoms with Gasteiger partial charge in [-0.1, -0.05) is 43.1 Å². The Morgan fingerprint density at radius 3 is 2.17 bits per heavy atom. The molecule has 35 heavy (non-hydrogen) atoms. The van der Waals surface area contributed by atoms with Crippen LogP contribution in [-0.2, 0) is 26.2 Å². The van der Waals surface area contributed by atoms with Gasteiger partial charge in [0, 0.05) is 12.6 Å². The molecule has 7 nitrogen and oxygen atoms in total. The average molecular weight is 546 g/mol. The number of halogens is 3. The van der Waals surface area contributed by atoms with E-state index in [1.807, 2.05) is 13.8 Å². The lowest BCUT2D eigenvalue weighted by Gasteiger charge is -2.33. The first-order valence-electron chi connectivity index (χ1n) is 11.1. The van der Waals surface area contributed by atoms with Crippen molar-refractivity contribution in [3.63, 3.8) is 0 Å². The number of anilines is 1. The molecular formula is C24H30Cl2FN3O4S. The molecule has 0 spiro atoms. The van der Waals surface area contributed by atoms with Crippen LogP contribution < -0.4 is 9.62 Å². The molecule has 2 rings (SSSR count). The monoisotopic (exact) mass is 545 g/mol. The summed E-state index contributed by atoms with van der Waals surface area (Å²) in [6.45, 7) is 4.99. The van der Waals surface area contributed by atoms with E-state index in [0.29, 0.717) is 23.4 Å². The fourth-order valence-corrected chi connectivity index (χ4v) is 4.59. The SMILES string of the molecule is CC[C@H](C)NC(=O)[C@H](CC)N(Cc1ccc(Cl)c(Cl)c1)C(=O)CN(c1ccc(F)cc1)S(C)(=O)=O. The Labute approximate surface area is 216 Å². The van der Waals surface area contributed by atoms with Gasteiger partial charge in [0.2, 0.25) is 21.8 Å². The third-order valence-corrected chi connectivity index (χ3v) is 7.40. The van der Waals surface area contributed by atoms with Gasteiger partial charge in [-0.2, -0.15) is 0 Å². The lowest BCUT2D eigenvalue weighted by atomic mass is 10.1. The van der Waals surface area contributed by atoms with Crippen molar-refractivity contribution < 1.29 is 22.4 Å². The van der Waals surface area contributed by atoms with Gasteiger partial charge in [0.05, 0.1) is 22.0 Å². The highest BCUT2D eigenvalue weighted by Gasteiger charge is 2.32. The summed E-state index contributed by atoms with van der Waals surface area (Å²) in [5.74, 6) is -1.48. The highest BCUT2D eigenvalue weighted by molar-refractivity contribution is 7.92. The molecule has 0 saturated carbocycles. The fourth-order valence-electron chi connectivity index (χ4n) is 3.42. The van der Waals surface area contributed by atoms with Crippen LogP contribution in [0.1, 0.15) is 39.2 Å². The molecule has 0 aliphatic carbocycles. The van der Waals surface area contributed by atoms with E-state index >= 15 is 0 Å². The van der Waals surface area contributed by atoms with Gasteiger partial charge in [-0.15, -0.1) is 0 Å². The van der Waals surface area contributed by atoms with Crippen LogP contribution in [0.4, 0.5) is 10.1 Å². The number of sulfonamides is 1. The molecule has 192 valence electrons. The first kappa shape index (κ1) is 28.9. The van der Waals surface area contributed by atoms with Crippen molar-refractivity contribution >= 4 is 50.7 Å². The van der Waals surface area contributed by atoms with Crippen LogP contribution in [-0.4, -0.2) is 50.0 Å². The van der Waals surface area contributed by atoms with Crippen molar-refractivity contribution in [2.24, 2.45) is 0 Å². The highest BCUT2D eigenvalue weighted by atomic mass is 35.5. The molecule has 0 radical (unpaired) electrons. The lowest BCUT2D eigenvalue weighted by molar-refractivity contribution is -0.140. The molecule has 2 aromatic rings. The minimum Gasteiger partial charge on any atom is -0.352 e. The van der Waals surface area contributed by atoms with Crippen LogP contribution in [0.2, 0.25) is 10.0 Å². The van der Waals surface area contributed by atoms with Crippen LogP contribution in [0.5, 0.6) is 0 Å². The molecule has 0 aliphatic heterocycles. The van der Waals surface area contributed by atoms with Crippen molar-refractivity contribution in [2.75, 3.05) is 17.1 Å². The van der Waals surface area contributed by atoms with E-state index in [0.717, 1.165) is 22.7 Å². The van der Waals surface area contributed by atoms with Crippen molar-refractivity contribution in [1.29, 1.82) is 0 Å². The van der Waals surface area contributed by atoms with Crippen LogP contribution in [0, 0.1) is 5.82 Å². The molecular weight excluding hydrogens is 516 g/mol. The number of carbonyl (C=O) groups excluding carboxylic acids is 2. The summed E-state index contributed by atoms with van der Waals surface area (Å²) in [4.78, 5) is 28.0. The maximum atomic E-state index is 13.6. The number of nitrogens with zero attached hydrogens (tertiary/aromatic N) is 2. The Bertz CT molecular complexity index is 1150. The van der Waals surface area contributed by atoms with Crippen LogP contribution in [0.15, 0.2) is 42.5 Å². The molecule has 0 aromatic heterocycles. The highest BCUT2D eigenvalue weighted by Crippen LogP contribution is 2.25. The number of hydrogen-bond donors (Lipinski definition) is 1. The van der Waals surface area contributed by atoms with Gasteiger partial charge in [0.15, 0.2) is 0 Å². The van der Waals surface area contributed by atoms with E-state index in [9.17, 15) is 22.4 Å². The summed E-state index contributed by atoms with van der Waals surface area (Å²) in [6, 6.07) is 8.67. The molecule has 0 aliphatic rings. The normalized spacial score (nSPS) is 13.1. The number of rotatable bonds is 11. The molecule has 0 unspecified atom stereocenters. The van der Waals surface area contributed by atoms with Gasteiger partial charge in [-0.25, -0.2) is 12.8 Å². The molecule has 2 atom stereocenters. The molecule has 0 fully saturated rings. The Balaban J connectivity index is 2.45. The average Bonchev–Trinajstić information content (AvgIpc) is 2.79. The minimum atomic E-state index is -3.90. The number of carbonyl (C=O) groups is 2. The summed E-state index contributed by atoms with van der Waals surface area (Å²) in [5.41, 5.74) is 0.754. The molecule has 0 bridgehead atoms. The van der Waals surface area contributed by atoms with Crippen LogP contribution in [0.3, 0.4) is 0 Å². The van der Waals surface area contributed by atoms with E-state index in [1.54, 1.807) is 25.1 Å². The van der Waals surface area contributed by atoms with E-state index in [-0.39, 0.29) is 29.2 Å². The smallest absolute Gasteiger partial charge is 0.244 e. The second-order valence-corrected chi connectivity index (χ2v) is 11.0. The minimum absolute atomic E-state index is 0.00315. The zero-order chi connectivity index (χ0) is 26.3. The molecule has 0 saturated heterocycles. The Hall–Kier alpha value is -2.36. The molecule has 2 amide bonds. The fraction of sp³-hybridized carbons (Fsp3) is 0.417. The van der Waals surface area contributed by atoms with E-state index in [1.165, 1.54) is 17.0 Å². The maximum absolute atomic E-state index is 13.6. The van der Waals surface area contributed by atoms with Gasteiger partial charge in [-0.05, 0) is 61.7 Å². The van der Waals surface area contributed by atoms with Gasteiger partial charge in [0.1, 0.15) is 18.4 Å². The second kappa shape index (κ2) is 12.6.